The maximum atomic E-state index is 12.8. The van der Waals surface area contributed by atoms with Crippen molar-refractivity contribution in [3.8, 4) is 0 Å². The number of hydrogen-bond acceptors (Lipinski definition) is 2. The average Bonchev–Trinajstić information content (AvgIpc) is 2.07. The minimum atomic E-state index is -0.250. The Kier molecular flexibility index (Phi) is 1.50. The second-order valence-electron chi connectivity index (χ2n) is 2.62. The highest BCUT2D eigenvalue weighted by molar-refractivity contribution is 5.80. The molecule has 0 aliphatic rings. The van der Waals surface area contributed by atoms with E-state index >= 15 is 0 Å². The Morgan fingerprint density at radius 3 is 2.92 bits per heavy atom. The van der Waals surface area contributed by atoms with Crippen molar-refractivity contribution in [1.82, 2.24) is 9.97 Å². The SMILES string of the molecule is Cc1ncnc2ccc(F)cc12. The maximum Gasteiger partial charge on any atom is 0.124 e. The summed E-state index contributed by atoms with van der Waals surface area (Å²) in [4.78, 5) is 7.98. The first-order chi connectivity index (χ1) is 5.77. The molecule has 60 valence electrons. The van der Waals surface area contributed by atoms with Crippen molar-refractivity contribution in [2.75, 3.05) is 0 Å². The van der Waals surface area contributed by atoms with Gasteiger partial charge in [-0.25, -0.2) is 14.4 Å². The van der Waals surface area contributed by atoms with E-state index < -0.39 is 0 Å². The van der Waals surface area contributed by atoms with E-state index in [0.29, 0.717) is 0 Å². The zero-order valence-corrected chi connectivity index (χ0v) is 6.58. The highest BCUT2D eigenvalue weighted by atomic mass is 19.1. The molecule has 0 saturated carbocycles. The van der Waals surface area contributed by atoms with Crippen LogP contribution in [0.3, 0.4) is 0 Å². The molecule has 2 aromatic rings. The molecular weight excluding hydrogens is 155 g/mol. The minimum Gasteiger partial charge on any atom is -0.241 e. The van der Waals surface area contributed by atoms with Gasteiger partial charge in [-0.05, 0) is 25.1 Å². The number of rotatable bonds is 0. The average molecular weight is 162 g/mol. The van der Waals surface area contributed by atoms with Crippen LogP contribution >= 0.6 is 0 Å². The largest absolute Gasteiger partial charge is 0.241 e. The van der Waals surface area contributed by atoms with Gasteiger partial charge in [0.15, 0.2) is 0 Å². The van der Waals surface area contributed by atoms with Crippen LogP contribution in [0.2, 0.25) is 0 Å². The van der Waals surface area contributed by atoms with E-state index in [1.807, 2.05) is 6.92 Å². The van der Waals surface area contributed by atoms with Gasteiger partial charge < -0.3 is 0 Å². The fourth-order valence-electron chi connectivity index (χ4n) is 1.16. The second-order valence-corrected chi connectivity index (χ2v) is 2.62. The summed E-state index contributed by atoms with van der Waals surface area (Å²) < 4.78 is 12.8. The molecule has 1 heterocycles. The van der Waals surface area contributed by atoms with E-state index in [2.05, 4.69) is 9.97 Å². The molecule has 1 aromatic heterocycles. The molecule has 0 bridgehead atoms. The molecule has 0 aliphatic carbocycles. The van der Waals surface area contributed by atoms with Crippen LogP contribution in [0.15, 0.2) is 24.5 Å². The first-order valence-corrected chi connectivity index (χ1v) is 3.64. The van der Waals surface area contributed by atoms with Crippen LogP contribution in [0.1, 0.15) is 5.69 Å². The Labute approximate surface area is 69.1 Å². The van der Waals surface area contributed by atoms with Gasteiger partial charge in [-0.3, -0.25) is 0 Å². The van der Waals surface area contributed by atoms with Crippen LogP contribution in [0.5, 0.6) is 0 Å². The summed E-state index contributed by atoms with van der Waals surface area (Å²) >= 11 is 0. The van der Waals surface area contributed by atoms with Gasteiger partial charge in [-0.1, -0.05) is 0 Å². The topological polar surface area (TPSA) is 25.8 Å². The monoisotopic (exact) mass is 162 g/mol. The zero-order valence-electron chi connectivity index (χ0n) is 6.58. The summed E-state index contributed by atoms with van der Waals surface area (Å²) in [6.07, 6.45) is 1.48. The number of aryl methyl sites for hydroxylation is 1. The molecule has 0 radical (unpaired) electrons. The number of halogens is 1. The van der Waals surface area contributed by atoms with Crippen LogP contribution in [0.4, 0.5) is 4.39 Å². The van der Waals surface area contributed by atoms with Crippen molar-refractivity contribution in [1.29, 1.82) is 0 Å². The lowest BCUT2D eigenvalue weighted by atomic mass is 10.2. The molecule has 0 aliphatic heterocycles. The fraction of sp³-hybridized carbons (Fsp3) is 0.111. The lowest BCUT2D eigenvalue weighted by Gasteiger charge is -1.98. The molecule has 0 N–H and O–H groups in total. The predicted molar refractivity (Wildman–Crippen MR) is 44.2 cm³/mol. The third kappa shape index (κ3) is 1.03. The number of nitrogens with zero attached hydrogens (tertiary/aromatic N) is 2. The summed E-state index contributed by atoms with van der Waals surface area (Å²) in [5, 5.41) is 0.775. The molecule has 1 aromatic carbocycles. The molecule has 0 atom stereocenters. The second kappa shape index (κ2) is 2.52. The number of hydrogen-bond donors (Lipinski definition) is 0. The highest BCUT2D eigenvalue weighted by Gasteiger charge is 1.99. The van der Waals surface area contributed by atoms with Crippen LogP contribution in [0, 0.1) is 12.7 Å². The Balaban J connectivity index is 2.88. The van der Waals surface area contributed by atoms with Crippen molar-refractivity contribution >= 4 is 10.9 Å². The van der Waals surface area contributed by atoms with Crippen molar-refractivity contribution in [3.63, 3.8) is 0 Å². The van der Waals surface area contributed by atoms with Crippen LogP contribution in [0.25, 0.3) is 10.9 Å². The lowest BCUT2D eigenvalue weighted by molar-refractivity contribution is 0.629. The Morgan fingerprint density at radius 1 is 1.25 bits per heavy atom. The Hall–Kier alpha value is -1.51. The smallest absolute Gasteiger partial charge is 0.124 e. The first kappa shape index (κ1) is 7.16. The molecule has 2 rings (SSSR count). The van der Waals surface area contributed by atoms with E-state index in [1.54, 1.807) is 6.07 Å². The van der Waals surface area contributed by atoms with Crippen LogP contribution < -0.4 is 0 Å². The van der Waals surface area contributed by atoms with Gasteiger partial charge in [0.05, 0.1) is 5.52 Å². The molecule has 0 saturated heterocycles. The van der Waals surface area contributed by atoms with Gasteiger partial charge in [0, 0.05) is 11.1 Å². The van der Waals surface area contributed by atoms with Crippen molar-refractivity contribution in [2.45, 2.75) is 6.92 Å². The van der Waals surface area contributed by atoms with E-state index in [1.165, 1.54) is 18.5 Å². The lowest BCUT2D eigenvalue weighted by Crippen LogP contribution is -1.87. The standard InChI is InChI=1S/C9H7FN2/c1-6-8-4-7(10)2-3-9(8)12-5-11-6/h2-5H,1H3. The summed E-state index contributed by atoms with van der Waals surface area (Å²) in [5.74, 6) is -0.250. The Morgan fingerprint density at radius 2 is 2.08 bits per heavy atom. The summed E-state index contributed by atoms with van der Waals surface area (Å²) in [6, 6.07) is 4.50. The summed E-state index contributed by atoms with van der Waals surface area (Å²) in [5.41, 5.74) is 1.59. The molecule has 0 fully saturated rings. The predicted octanol–water partition coefficient (Wildman–Crippen LogP) is 2.08. The van der Waals surface area contributed by atoms with Gasteiger partial charge in [0.25, 0.3) is 0 Å². The van der Waals surface area contributed by atoms with Gasteiger partial charge in [-0.2, -0.15) is 0 Å². The third-order valence-corrected chi connectivity index (χ3v) is 1.80. The van der Waals surface area contributed by atoms with Gasteiger partial charge in [0.2, 0.25) is 0 Å². The number of fused-ring (bicyclic) bond motifs is 1. The molecule has 0 amide bonds. The molecule has 12 heavy (non-hydrogen) atoms. The molecule has 0 unspecified atom stereocenters. The summed E-state index contributed by atoms with van der Waals surface area (Å²) in [6.45, 7) is 1.84. The van der Waals surface area contributed by atoms with Gasteiger partial charge >= 0.3 is 0 Å². The van der Waals surface area contributed by atoms with E-state index in [0.717, 1.165) is 16.6 Å². The van der Waals surface area contributed by atoms with Gasteiger partial charge in [0.1, 0.15) is 12.1 Å². The van der Waals surface area contributed by atoms with Gasteiger partial charge in [-0.15, -0.1) is 0 Å². The first-order valence-electron chi connectivity index (χ1n) is 3.64. The van der Waals surface area contributed by atoms with Crippen LogP contribution in [-0.4, -0.2) is 9.97 Å². The quantitative estimate of drug-likeness (QED) is 0.592. The fourth-order valence-corrected chi connectivity index (χ4v) is 1.16. The minimum absolute atomic E-state index is 0.250. The Bertz CT molecular complexity index is 426. The number of aromatic nitrogens is 2. The van der Waals surface area contributed by atoms with E-state index in [-0.39, 0.29) is 5.82 Å². The van der Waals surface area contributed by atoms with Crippen molar-refractivity contribution < 1.29 is 4.39 Å². The maximum absolute atomic E-state index is 12.8. The van der Waals surface area contributed by atoms with Crippen LogP contribution in [-0.2, 0) is 0 Å². The van der Waals surface area contributed by atoms with E-state index in [4.69, 9.17) is 0 Å². The molecule has 2 nitrogen and oxygen atoms in total. The molecule has 3 heteroatoms. The summed E-state index contributed by atoms with van der Waals surface area (Å²) in [7, 11) is 0. The van der Waals surface area contributed by atoms with Crippen molar-refractivity contribution in [2.24, 2.45) is 0 Å². The number of benzene rings is 1. The van der Waals surface area contributed by atoms with Crippen molar-refractivity contribution in [3.05, 3.63) is 36.0 Å². The normalized spacial score (nSPS) is 10.5. The van der Waals surface area contributed by atoms with E-state index in [9.17, 15) is 4.39 Å². The third-order valence-electron chi connectivity index (χ3n) is 1.80. The highest BCUT2D eigenvalue weighted by Crippen LogP contribution is 2.14. The molecular formula is C9H7FN2. The zero-order chi connectivity index (χ0) is 8.55. The molecule has 0 spiro atoms.